The minimum absolute atomic E-state index is 0.0242. The van der Waals surface area contributed by atoms with Gasteiger partial charge < -0.3 is 24.1 Å². The fourth-order valence-electron chi connectivity index (χ4n) is 4.53. The van der Waals surface area contributed by atoms with Crippen LogP contribution in [-0.2, 0) is 32.1 Å². The minimum atomic E-state index is -4.55. The Morgan fingerprint density at radius 1 is 1.12 bits per heavy atom. The van der Waals surface area contributed by atoms with E-state index in [1.165, 1.54) is 0 Å². The fraction of sp³-hybridized carbons (Fsp3) is 0.259. The molecule has 0 aliphatic rings. The second-order valence-corrected chi connectivity index (χ2v) is 12.9. The topological polar surface area (TPSA) is 157 Å². The molecule has 0 unspecified atom stereocenters. The molecule has 3 heterocycles. The molecule has 3 N–H and O–H groups in total. The van der Waals surface area contributed by atoms with Gasteiger partial charge in [0, 0.05) is 29.7 Å². The number of rotatable bonds is 11. The van der Waals surface area contributed by atoms with Gasteiger partial charge in [-0.15, -0.1) is 0 Å². The lowest BCUT2D eigenvalue weighted by Crippen LogP contribution is -2.04. The molecular weight excluding hydrogens is 555 g/mol. The molecule has 0 radical (unpaired) electrons. The number of aromatic amines is 1. The first-order chi connectivity index (χ1) is 19.0. The van der Waals surface area contributed by atoms with Crippen molar-refractivity contribution in [2.75, 3.05) is 12.4 Å². The van der Waals surface area contributed by atoms with E-state index in [-0.39, 0.29) is 17.3 Å². The van der Waals surface area contributed by atoms with Crippen molar-refractivity contribution in [3.05, 3.63) is 72.4 Å². The van der Waals surface area contributed by atoms with E-state index in [2.05, 4.69) is 19.5 Å². The molecule has 13 heteroatoms. The standard InChI is InChI=1S/C27H29N4O7PS/c1-3-40(35,36)21-7-4-6-19(13-21)22-8-9-24(26-25(22)23-12-18(2)14-28-27(23)30-26)37-11-5-10-31-15-20(29-17-31)16-38-39(32,33)34/h4,6-9,12-15,17H,3,5,10-11,16H2,1-2H3,(H,28,30)(H2,32,33,34). The first kappa shape index (κ1) is 28.0. The molecule has 3 aromatic heterocycles. The number of H-pyrrole nitrogens is 1. The minimum Gasteiger partial charge on any atom is -0.491 e. The number of sulfone groups is 1. The third-order valence-electron chi connectivity index (χ3n) is 6.47. The third kappa shape index (κ3) is 6.11. The number of phosphoric ester groups is 1. The Kier molecular flexibility index (Phi) is 7.80. The van der Waals surface area contributed by atoms with E-state index in [1.54, 1.807) is 48.4 Å². The van der Waals surface area contributed by atoms with E-state index >= 15 is 0 Å². The second kappa shape index (κ2) is 11.1. The molecule has 11 nitrogen and oxygen atoms in total. The molecule has 0 spiro atoms. The lowest BCUT2D eigenvalue weighted by molar-refractivity contribution is 0.187. The van der Waals surface area contributed by atoms with Crippen LogP contribution in [0.2, 0.25) is 0 Å². The molecule has 0 atom stereocenters. The van der Waals surface area contributed by atoms with Crippen LogP contribution in [0.4, 0.5) is 0 Å². The summed E-state index contributed by atoms with van der Waals surface area (Å²) < 4.78 is 48.4. The predicted molar refractivity (Wildman–Crippen MR) is 151 cm³/mol. The monoisotopic (exact) mass is 584 g/mol. The molecule has 210 valence electrons. The van der Waals surface area contributed by atoms with Gasteiger partial charge in [0.15, 0.2) is 9.84 Å². The summed E-state index contributed by atoms with van der Waals surface area (Å²) in [5, 5.41) is 1.82. The highest BCUT2D eigenvalue weighted by Crippen LogP contribution is 2.40. The van der Waals surface area contributed by atoms with Crippen LogP contribution in [0.15, 0.2) is 66.1 Å². The molecule has 40 heavy (non-hydrogen) atoms. The molecule has 0 saturated carbocycles. The number of nitrogens with one attached hydrogen (secondary N) is 1. The second-order valence-electron chi connectivity index (χ2n) is 9.40. The summed E-state index contributed by atoms with van der Waals surface area (Å²) in [6.45, 7) is 4.30. The summed E-state index contributed by atoms with van der Waals surface area (Å²) >= 11 is 0. The first-order valence-corrected chi connectivity index (χ1v) is 15.8. The number of benzene rings is 2. The zero-order valence-corrected chi connectivity index (χ0v) is 23.7. The molecule has 0 bridgehead atoms. The Hall–Kier alpha value is -3.54. The molecule has 5 rings (SSSR count). The Bertz CT molecular complexity index is 1840. The van der Waals surface area contributed by atoms with Gasteiger partial charge >= 0.3 is 7.82 Å². The molecule has 2 aromatic carbocycles. The lowest BCUT2D eigenvalue weighted by Gasteiger charge is -2.12. The SMILES string of the molecule is CCS(=O)(=O)c1cccc(-c2ccc(OCCCn3cnc(COP(=O)(O)O)c3)c3[nH]c4ncc(C)cc4c23)c1. The Balaban J connectivity index is 1.40. The van der Waals surface area contributed by atoms with Crippen LogP contribution in [0.3, 0.4) is 0 Å². The smallest absolute Gasteiger partial charge is 0.469 e. The number of ether oxygens (including phenoxy) is 1. The maximum Gasteiger partial charge on any atom is 0.469 e. The van der Waals surface area contributed by atoms with Crippen molar-refractivity contribution in [1.82, 2.24) is 19.5 Å². The summed E-state index contributed by atoms with van der Waals surface area (Å²) in [7, 11) is -7.92. The number of nitrogens with zero attached hydrogens (tertiary/aromatic N) is 3. The highest BCUT2D eigenvalue weighted by Gasteiger charge is 2.18. The van der Waals surface area contributed by atoms with Crippen molar-refractivity contribution < 1.29 is 32.0 Å². The van der Waals surface area contributed by atoms with E-state index in [4.69, 9.17) is 14.5 Å². The first-order valence-electron chi connectivity index (χ1n) is 12.6. The van der Waals surface area contributed by atoms with Gasteiger partial charge in [0.2, 0.25) is 0 Å². The van der Waals surface area contributed by atoms with E-state index in [9.17, 15) is 13.0 Å². The van der Waals surface area contributed by atoms with Gasteiger partial charge in [0.1, 0.15) is 18.0 Å². The van der Waals surface area contributed by atoms with Crippen LogP contribution < -0.4 is 4.74 Å². The van der Waals surface area contributed by atoms with E-state index in [0.29, 0.717) is 36.7 Å². The largest absolute Gasteiger partial charge is 0.491 e. The normalized spacial score (nSPS) is 12.4. The predicted octanol–water partition coefficient (Wildman–Crippen LogP) is 4.76. The van der Waals surface area contributed by atoms with Gasteiger partial charge in [-0.1, -0.05) is 19.1 Å². The van der Waals surface area contributed by atoms with Crippen molar-refractivity contribution in [3.63, 3.8) is 0 Å². The van der Waals surface area contributed by atoms with Crippen LogP contribution in [0.5, 0.6) is 5.75 Å². The zero-order chi connectivity index (χ0) is 28.5. The van der Waals surface area contributed by atoms with Gasteiger partial charge in [-0.2, -0.15) is 0 Å². The third-order valence-corrected chi connectivity index (χ3v) is 8.67. The molecule has 0 aliphatic carbocycles. The number of aromatic nitrogens is 4. The summed E-state index contributed by atoms with van der Waals surface area (Å²) in [6.07, 6.45) is 5.68. The summed E-state index contributed by atoms with van der Waals surface area (Å²) in [5.41, 5.74) is 4.55. The van der Waals surface area contributed by atoms with Gasteiger partial charge in [-0.05, 0) is 60.4 Å². The molecule has 0 saturated heterocycles. The highest BCUT2D eigenvalue weighted by molar-refractivity contribution is 7.91. The fourth-order valence-corrected chi connectivity index (χ4v) is 5.76. The summed E-state index contributed by atoms with van der Waals surface area (Å²) in [5.74, 6) is 0.671. The van der Waals surface area contributed by atoms with Gasteiger partial charge in [0.25, 0.3) is 0 Å². The average Bonchev–Trinajstić information content (AvgIpc) is 3.54. The molecule has 5 aromatic rings. The van der Waals surface area contributed by atoms with E-state index < -0.39 is 17.7 Å². The number of hydrogen-bond donors (Lipinski definition) is 3. The van der Waals surface area contributed by atoms with Crippen LogP contribution in [0.25, 0.3) is 33.1 Å². The van der Waals surface area contributed by atoms with Gasteiger partial charge in [0.05, 0.1) is 34.8 Å². The van der Waals surface area contributed by atoms with Crippen molar-refractivity contribution in [1.29, 1.82) is 0 Å². The van der Waals surface area contributed by atoms with E-state index in [1.807, 2.05) is 31.2 Å². The maximum absolute atomic E-state index is 12.6. The maximum atomic E-state index is 12.6. The summed E-state index contributed by atoms with van der Waals surface area (Å²) in [6, 6.07) is 12.8. The number of imidazole rings is 1. The van der Waals surface area contributed by atoms with Crippen molar-refractivity contribution in [2.45, 2.75) is 38.3 Å². The Morgan fingerprint density at radius 3 is 2.73 bits per heavy atom. The van der Waals surface area contributed by atoms with Crippen LogP contribution in [0.1, 0.15) is 24.6 Å². The summed E-state index contributed by atoms with van der Waals surface area (Å²) in [4.78, 5) is 30.0. The Labute approximate surface area is 231 Å². The number of phosphoric acid groups is 1. The van der Waals surface area contributed by atoms with Crippen LogP contribution in [0, 0.1) is 6.92 Å². The lowest BCUT2D eigenvalue weighted by atomic mass is 9.99. The quantitative estimate of drug-likeness (QED) is 0.147. The van der Waals surface area contributed by atoms with Gasteiger partial charge in [-0.25, -0.2) is 23.0 Å². The average molecular weight is 585 g/mol. The van der Waals surface area contributed by atoms with Crippen LogP contribution in [-0.4, -0.2) is 50.1 Å². The molecular formula is C27H29N4O7PS. The van der Waals surface area contributed by atoms with Crippen LogP contribution >= 0.6 is 7.82 Å². The number of pyridine rings is 1. The van der Waals surface area contributed by atoms with Crippen molar-refractivity contribution in [3.8, 4) is 16.9 Å². The zero-order valence-electron chi connectivity index (χ0n) is 21.9. The molecule has 0 amide bonds. The molecule has 0 fully saturated rings. The van der Waals surface area contributed by atoms with E-state index in [0.717, 1.165) is 33.0 Å². The highest BCUT2D eigenvalue weighted by atomic mass is 32.2. The molecule has 0 aliphatic heterocycles. The Morgan fingerprint density at radius 2 is 1.95 bits per heavy atom. The van der Waals surface area contributed by atoms with Gasteiger partial charge in [-0.3, -0.25) is 4.52 Å². The number of aryl methyl sites for hydroxylation is 2. The number of fused-ring (bicyclic) bond motifs is 3. The van der Waals surface area contributed by atoms with Crippen molar-refractivity contribution >= 4 is 39.6 Å². The van der Waals surface area contributed by atoms with Crippen molar-refractivity contribution in [2.24, 2.45) is 0 Å². The number of hydrogen-bond acceptors (Lipinski definition) is 7.